The van der Waals surface area contributed by atoms with Crippen molar-refractivity contribution < 1.29 is 18.0 Å². The standard InChI is InChI=1S/C13H14BrF3OS/c1-12(2,3)9-4-8(11(18)7-14)5-10(6-9)19-13(15,16)17/h4-6H,7H2,1-3H3. The zero-order valence-corrected chi connectivity index (χ0v) is 13.2. The molecule has 0 bridgehead atoms. The largest absolute Gasteiger partial charge is 0.446 e. The third-order valence-electron chi connectivity index (χ3n) is 2.45. The number of hydrogen-bond donors (Lipinski definition) is 0. The second-order valence-electron chi connectivity index (χ2n) is 5.10. The van der Waals surface area contributed by atoms with Crippen molar-refractivity contribution in [3.63, 3.8) is 0 Å². The normalized spacial score (nSPS) is 12.6. The number of alkyl halides is 4. The Labute approximate surface area is 123 Å². The Balaban J connectivity index is 3.28. The van der Waals surface area contributed by atoms with Crippen LogP contribution in [0.25, 0.3) is 0 Å². The van der Waals surface area contributed by atoms with E-state index in [1.54, 1.807) is 6.07 Å². The molecule has 0 heterocycles. The van der Waals surface area contributed by atoms with Gasteiger partial charge in [0.25, 0.3) is 0 Å². The van der Waals surface area contributed by atoms with E-state index in [1.165, 1.54) is 12.1 Å². The SMILES string of the molecule is CC(C)(C)c1cc(SC(F)(F)F)cc(C(=O)CBr)c1. The number of thioether (sulfide) groups is 1. The number of ketones is 1. The Bertz CT molecular complexity index is 478. The number of rotatable bonds is 3. The first-order chi connectivity index (χ1) is 8.53. The van der Waals surface area contributed by atoms with E-state index in [1.807, 2.05) is 20.8 Å². The minimum atomic E-state index is -4.36. The zero-order valence-electron chi connectivity index (χ0n) is 10.8. The molecule has 0 aliphatic carbocycles. The van der Waals surface area contributed by atoms with Crippen LogP contribution in [0.3, 0.4) is 0 Å². The van der Waals surface area contributed by atoms with E-state index >= 15 is 0 Å². The molecule has 0 saturated carbocycles. The average Bonchev–Trinajstić information content (AvgIpc) is 2.24. The average molecular weight is 355 g/mol. The van der Waals surface area contributed by atoms with Gasteiger partial charge in [0.2, 0.25) is 0 Å². The Hall–Kier alpha value is -0.490. The van der Waals surface area contributed by atoms with Crippen LogP contribution in [0.4, 0.5) is 13.2 Å². The maximum atomic E-state index is 12.5. The molecular weight excluding hydrogens is 341 g/mol. The van der Waals surface area contributed by atoms with Gasteiger partial charge in [-0.3, -0.25) is 4.79 Å². The summed E-state index contributed by atoms with van der Waals surface area (Å²) in [6.45, 7) is 5.69. The molecular formula is C13H14BrF3OS. The molecule has 1 aromatic rings. The monoisotopic (exact) mass is 354 g/mol. The predicted octanol–water partition coefficient (Wildman–Crippen LogP) is 5.17. The van der Waals surface area contributed by atoms with Gasteiger partial charge in [-0.1, -0.05) is 36.7 Å². The summed E-state index contributed by atoms with van der Waals surface area (Å²) in [4.78, 5) is 11.7. The third-order valence-corrected chi connectivity index (χ3v) is 3.66. The fourth-order valence-corrected chi connectivity index (χ4v) is 2.43. The molecule has 0 unspecified atom stereocenters. The van der Waals surface area contributed by atoms with Crippen LogP contribution in [0.1, 0.15) is 36.7 Å². The Morgan fingerprint density at radius 2 is 1.79 bits per heavy atom. The van der Waals surface area contributed by atoms with E-state index in [0.717, 1.165) is 0 Å². The number of Topliss-reactive ketones (excluding diaryl/α,β-unsaturated/α-hetero) is 1. The summed E-state index contributed by atoms with van der Waals surface area (Å²) in [7, 11) is 0. The van der Waals surface area contributed by atoms with Crippen molar-refractivity contribution in [3.05, 3.63) is 29.3 Å². The lowest BCUT2D eigenvalue weighted by Crippen LogP contribution is -2.13. The molecule has 0 atom stereocenters. The van der Waals surface area contributed by atoms with Crippen molar-refractivity contribution in [1.29, 1.82) is 0 Å². The van der Waals surface area contributed by atoms with Gasteiger partial charge < -0.3 is 0 Å². The van der Waals surface area contributed by atoms with Gasteiger partial charge in [-0.2, -0.15) is 13.2 Å². The first kappa shape index (κ1) is 16.6. The number of carbonyl (C=O) groups is 1. The van der Waals surface area contributed by atoms with Crippen LogP contribution in [0.2, 0.25) is 0 Å². The Morgan fingerprint density at radius 1 is 1.21 bits per heavy atom. The van der Waals surface area contributed by atoms with Crippen LogP contribution < -0.4 is 0 Å². The molecule has 0 aliphatic heterocycles. The van der Waals surface area contributed by atoms with Crippen LogP contribution in [0, 0.1) is 0 Å². The molecule has 19 heavy (non-hydrogen) atoms. The maximum Gasteiger partial charge on any atom is 0.446 e. The van der Waals surface area contributed by atoms with Crippen LogP contribution in [0.15, 0.2) is 23.1 Å². The summed E-state index contributed by atoms with van der Waals surface area (Å²) in [5.74, 6) is -0.227. The van der Waals surface area contributed by atoms with E-state index in [9.17, 15) is 18.0 Å². The van der Waals surface area contributed by atoms with Gasteiger partial charge in [-0.05, 0) is 40.9 Å². The highest BCUT2D eigenvalue weighted by Gasteiger charge is 2.30. The summed E-state index contributed by atoms with van der Waals surface area (Å²) >= 11 is 2.84. The second kappa shape index (κ2) is 5.87. The minimum Gasteiger partial charge on any atom is -0.293 e. The lowest BCUT2D eigenvalue weighted by molar-refractivity contribution is -0.0328. The topological polar surface area (TPSA) is 17.1 Å². The van der Waals surface area contributed by atoms with E-state index in [2.05, 4.69) is 15.9 Å². The first-order valence-corrected chi connectivity index (χ1v) is 7.47. The van der Waals surface area contributed by atoms with E-state index < -0.39 is 5.51 Å². The molecule has 6 heteroatoms. The van der Waals surface area contributed by atoms with Crippen LogP contribution in [-0.4, -0.2) is 16.6 Å². The molecule has 0 N–H and O–H groups in total. The number of halogens is 4. The van der Waals surface area contributed by atoms with Gasteiger partial charge in [-0.15, -0.1) is 0 Å². The van der Waals surface area contributed by atoms with Gasteiger partial charge in [0.1, 0.15) is 0 Å². The second-order valence-corrected chi connectivity index (χ2v) is 6.80. The van der Waals surface area contributed by atoms with Gasteiger partial charge in [0.15, 0.2) is 5.78 Å². The Morgan fingerprint density at radius 3 is 2.21 bits per heavy atom. The zero-order chi connectivity index (χ0) is 14.8. The molecule has 106 valence electrons. The van der Waals surface area contributed by atoms with Gasteiger partial charge in [0.05, 0.1) is 5.33 Å². The molecule has 0 saturated heterocycles. The van der Waals surface area contributed by atoms with Crippen molar-refractivity contribution in [2.45, 2.75) is 36.6 Å². The predicted molar refractivity (Wildman–Crippen MR) is 75.2 cm³/mol. The molecule has 0 aromatic heterocycles. The summed E-state index contributed by atoms with van der Waals surface area (Å²) in [5.41, 5.74) is -3.66. The van der Waals surface area contributed by atoms with Crippen molar-refractivity contribution in [2.24, 2.45) is 0 Å². The fourth-order valence-electron chi connectivity index (χ4n) is 1.46. The van der Waals surface area contributed by atoms with Crippen molar-refractivity contribution in [3.8, 4) is 0 Å². The molecule has 1 aromatic carbocycles. The molecule has 0 aliphatic rings. The van der Waals surface area contributed by atoms with E-state index in [-0.39, 0.29) is 33.2 Å². The summed E-state index contributed by atoms with van der Waals surface area (Å²) in [5, 5.41) is 0.0940. The summed E-state index contributed by atoms with van der Waals surface area (Å²) in [6, 6.07) is 4.43. The number of carbonyl (C=O) groups excluding carboxylic acids is 1. The molecule has 1 rings (SSSR count). The fraction of sp³-hybridized carbons (Fsp3) is 0.462. The highest BCUT2D eigenvalue weighted by molar-refractivity contribution is 9.09. The lowest BCUT2D eigenvalue weighted by atomic mass is 9.86. The van der Waals surface area contributed by atoms with E-state index in [0.29, 0.717) is 11.1 Å². The number of benzene rings is 1. The van der Waals surface area contributed by atoms with Crippen molar-refractivity contribution >= 4 is 33.5 Å². The minimum absolute atomic E-state index is 0.0456. The molecule has 0 amide bonds. The van der Waals surface area contributed by atoms with E-state index in [4.69, 9.17) is 0 Å². The van der Waals surface area contributed by atoms with Crippen molar-refractivity contribution in [2.75, 3.05) is 5.33 Å². The molecule has 0 radical (unpaired) electrons. The highest BCUT2D eigenvalue weighted by Crippen LogP contribution is 2.39. The lowest BCUT2D eigenvalue weighted by Gasteiger charge is -2.21. The smallest absolute Gasteiger partial charge is 0.293 e. The number of hydrogen-bond acceptors (Lipinski definition) is 2. The maximum absolute atomic E-state index is 12.5. The first-order valence-electron chi connectivity index (χ1n) is 5.53. The van der Waals surface area contributed by atoms with Crippen molar-refractivity contribution in [1.82, 2.24) is 0 Å². The molecule has 1 nitrogen and oxygen atoms in total. The molecule has 0 spiro atoms. The van der Waals surface area contributed by atoms with Gasteiger partial charge in [0, 0.05) is 10.5 Å². The summed E-state index contributed by atoms with van der Waals surface area (Å²) in [6.07, 6.45) is 0. The summed E-state index contributed by atoms with van der Waals surface area (Å²) < 4.78 is 37.4. The van der Waals surface area contributed by atoms with Gasteiger partial charge >= 0.3 is 5.51 Å². The van der Waals surface area contributed by atoms with Crippen LogP contribution in [0.5, 0.6) is 0 Å². The van der Waals surface area contributed by atoms with Crippen LogP contribution >= 0.6 is 27.7 Å². The van der Waals surface area contributed by atoms with Crippen LogP contribution in [-0.2, 0) is 5.41 Å². The van der Waals surface area contributed by atoms with Gasteiger partial charge in [-0.25, -0.2) is 0 Å². The third kappa shape index (κ3) is 5.18. The Kier molecular flexibility index (Phi) is 5.12. The quantitative estimate of drug-likeness (QED) is 0.423. The highest BCUT2D eigenvalue weighted by atomic mass is 79.9. The molecule has 0 fully saturated rings.